The second-order valence-corrected chi connectivity index (χ2v) is 8.68. The predicted octanol–water partition coefficient (Wildman–Crippen LogP) is 4.89. The van der Waals surface area contributed by atoms with Crippen LogP contribution in [0.25, 0.3) is 22.8 Å². The molecule has 2 aromatic carbocycles. The van der Waals surface area contributed by atoms with E-state index < -0.39 is 5.97 Å². The van der Waals surface area contributed by atoms with Crippen molar-refractivity contribution in [1.82, 2.24) is 15.5 Å². The quantitative estimate of drug-likeness (QED) is 0.410. The van der Waals surface area contributed by atoms with Crippen LogP contribution in [0.15, 0.2) is 40.9 Å². The van der Waals surface area contributed by atoms with Crippen molar-refractivity contribution in [3.63, 3.8) is 0 Å². The van der Waals surface area contributed by atoms with Gasteiger partial charge < -0.3 is 19.7 Å². The van der Waals surface area contributed by atoms with Crippen molar-refractivity contribution in [3.8, 4) is 34.7 Å². The van der Waals surface area contributed by atoms with Crippen molar-refractivity contribution in [1.29, 1.82) is 5.26 Å². The number of carboxylic acids is 1. The molecular weight excluding hydrogens is 432 g/mol. The van der Waals surface area contributed by atoms with Crippen LogP contribution in [0, 0.1) is 11.3 Å². The molecule has 4 rings (SSSR count). The van der Waals surface area contributed by atoms with E-state index in [1.165, 1.54) is 11.1 Å². The van der Waals surface area contributed by atoms with E-state index >= 15 is 0 Å². The molecule has 0 fully saturated rings. The fraction of sp³-hybridized carbons (Fsp3) is 0.385. The number of carboxylic acid groups (broad SMARTS) is 1. The van der Waals surface area contributed by atoms with Crippen LogP contribution in [0.5, 0.6) is 5.75 Å². The Morgan fingerprint density at radius 1 is 1.32 bits per heavy atom. The van der Waals surface area contributed by atoms with Crippen LogP contribution >= 0.6 is 0 Å². The first-order chi connectivity index (χ1) is 16.5. The highest BCUT2D eigenvalue weighted by Gasteiger charge is 2.26. The van der Waals surface area contributed by atoms with Gasteiger partial charge in [-0.3, -0.25) is 4.79 Å². The van der Waals surface area contributed by atoms with E-state index in [0.29, 0.717) is 35.0 Å². The molecule has 1 heterocycles. The third kappa shape index (κ3) is 5.26. The smallest absolute Gasteiger partial charge is 0.303 e. The van der Waals surface area contributed by atoms with E-state index in [1.54, 1.807) is 12.1 Å². The maximum absolute atomic E-state index is 10.7. The number of nitrogens with zero attached hydrogens (tertiary/aromatic N) is 3. The van der Waals surface area contributed by atoms with Crippen molar-refractivity contribution >= 4 is 5.97 Å². The molecule has 3 aromatic rings. The van der Waals surface area contributed by atoms with Crippen LogP contribution in [0.4, 0.5) is 0 Å². The van der Waals surface area contributed by atoms with Gasteiger partial charge in [-0.15, -0.1) is 0 Å². The monoisotopic (exact) mass is 460 g/mol. The summed E-state index contributed by atoms with van der Waals surface area (Å²) in [6.07, 6.45) is 3.55. The summed E-state index contributed by atoms with van der Waals surface area (Å²) in [5, 5.41) is 26.1. The summed E-state index contributed by atoms with van der Waals surface area (Å²) in [6, 6.07) is 13.8. The van der Waals surface area contributed by atoms with Gasteiger partial charge in [-0.2, -0.15) is 10.2 Å². The standard InChI is InChI=1S/C26H28N4O4/c1-16(2)33-23-12-9-17(14-18(23)15-27)26-29-25(30-34-26)21-7-5-6-20-19(21)10-11-22(20)28-13-4-3-8-24(31)32/h5-7,9,12,14,16,22,28H,3-4,8,10-11,13H2,1-2H3,(H,31,32)/t22-/m0/s1. The van der Waals surface area contributed by atoms with E-state index in [1.807, 2.05) is 32.0 Å². The first-order valence-electron chi connectivity index (χ1n) is 11.6. The number of ether oxygens (including phenoxy) is 1. The topological polar surface area (TPSA) is 121 Å². The Morgan fingerprint density at radius 3 is 2.94 bits per heavy atom. The fourth-order valence-corrected chi connectivity index (χ4v) is 4.31. The van der Waals surface area contributed by atoms with Crippen LogP contribution in [0.2, 0.25) is 0 Å². The molecule has 34 heavy (non-hydrogen) atoms. The van der Waals surface area contributed by atoms with Gasteiger partial charge in [-0.05, 0) is 75.4 Å². The van der Waals surface area contributed by atoms with Crippen molar-refractivity contribution in [2.75, 3.05) is 6.54 Å². The Hall–Kier alpha value is -3.70. The largest absolute Gasteiger partial charge is 0.490 e. The van der Waals surface area contributed by atoms with Gasteiger partial charge in [0.1, 0.15) is 11.8 Å². The maximum Gasteiger partial charge on any atom is 0.303 e. The Labute approximate surface area is 198 Å². The zero-order chi connectivity index (χ0) is 24.1. The highest BCUT2D eigenvalue weighted by Crippen LogP contribution is 2.37. The molecule has 1 atom stereocenters. The fourth-order valence-electron chi connectivity index (χ4n) is 4.31. The van der Waals surface area contributed by atoms with E-state index in [0.717, 1.165) is 31.4 Å². The summed E-state index contributed by atoms with van der Waals surface area (Å²) in [6.45, 7) is 4.61. The maximum atomic E-state index is 10.7. The van der Waals surface area contributed by atoms with Crippen LogP contribution < -0.4 is 10.1 Å². The number of aliphatic carboxylic acids is 1. The summed E-state index contributed by atoms with van der Waals surface area (Å²) in [5.74, 6) is 0.656. The summed E-state index contributed by atoms with van der Waals surface area (Å²) in [5.41, 5.74) is 4.46. The zero-order valence-corrected chi connectivity index (χ0v) is 19.4. The number of hydrogen-bond acceptors (Lipinski definition) is 7. The van der Waals surface area contributed by atoms with Crippen molar-refractivity contribution in [3.05, 3.63) is 53.1 Å². The number of rotatable bonds is 10. The number of hydrogen-bond donors (Lipinski definition) is 2. The molecular formula is C26H28N4O4. The number of aromatic nitrogens is 2. The first-order valence-corrected chi connectivity index (χ1v) is 11.6. The number of unbranched alkanes of at least 4 members (excludes halogenated alkanes) is 1. The lowest BCUT2D eigenvalue weighted by molar-refractivity contribution is -0.137. The minimum Gasteiger partial charge on any atom is -0.490 e. The van der Waals surface area contributed by atoms with E-state index in [-0.39, 0.29) is 18.6 Å². The Bertz CT molecular complexity index is 1210. The first kappa shape index (κ1) is 23.5. The summed E-state index contributed by atoms with van der Waals surface area (Å²) >= 11 is 0. The second-order valence-electron chi connectivity index (χ2n) is 8.68. The van der Waals surface area contributed by atoms with Gasteiger partial charge in [0, 0.05) is 23.6 Å². The summed E-state index contributed by atoms with van der Waals surface area (Å²) < 4.78 is 11.2. The van der Waals surface area contributed by atoms with Gasteiger partial charge in [0.2, 0.25) is 5.82 Å². The van der Waals surface area contributed by atoms with Crippen molar-refractivity contribution in [2.24, 2.45) is 0 Å². The molecule has 0 saturated heterocycles. The lowest BCUT2D eigenvalue weighted by Gasteiger charge is -2.14. The highest BCUT2D eigenvalue weighted by atomic mass is 16.5. The minimum atomic E-state index is -0.751. The average Bonchev–Trinajstić information content (AvgIpc) is 3.46. The molecule has 176 valence electrons. The number of nitriles is 1. The minimum absolute atomic E-state index is 0.0313. The lowest BCUT2D eigenvalue weighted by Crippen LogP contribution is -2.20. The number of carbonyl (C=O) groups is 1. The van der Waals surface area contributed by atoms with Gasteiger partial charge in [0.05, 0.1) is 11.7 Å². The van der Waals surface area contributed by atoms with Crippen molar-refractivity contribution < 1.29 is 19.2 Å². The lowest BCUT2D eigenvalue weighted by atomic mass is 10.0. The molecule has 0 bridgehead atoms. The molecule has 0 spiro atoms. The van der Waals surface area contributed by atoms with Crippen LogP contribution in [-0.4, -0.2) is 33.9 Å². The third-order valence-electron chi connectivity index (χ3n) is 5.86. The Morgan fingerprint density at radius 2 is 2.18 bits per heavy atom. The Balaban J connectivity index is 1.50. The molecule has 0 amide bonds. The normalized spacial score (nSPS) is 14.7. The zero-order valence-electron chi connectivity index (χ0n) is 19.4. The molecule has 1 aliphatic rings. The van der Waals surface area contributed by atoms with E-state index in [2.05, 4.69) is 27.6 Å². The molecule has 0 saturated carbocycles. The van der Waals surface area contributed by atoms with Gasteiger partial charge in [-0.1, -0.05) is 23.4 Å². The molecule has 8 heteroatoms. The van der Waals surface area contributed by atoms with Crippen LogP contribution in [0.3, 0.4) is 0 Å². The molecule has 0 radical (unpaired) electrons. The molecule has 0 unspecified atom stereocenters. The summed E-state index contributed by atoms with van der Waals surface area (Å²) in [7, 11) is 0. The predicted molar refractivity (Wildman–Crippen MR) is 126 cm³/mol. The average molecular weight is 461 g/mol. The van der Waals surface area contributed by atoms with Gasteiger partial charge >= 0.3 is 5.97 Å². The highest BCUT2D eigenvalue weighted by molar-refractivity contribution is 5.67. The molecule has 2 N–H and O–H groups in total. The SMILES string of the molecule is CC(C)Oc1ccc(-c2nc(-c3cccc4c3CC[C@@H]4NCCCCC(=O)O)no2)cc1C#N. The molecule has 1 aromatic heterocycles. The summed E-state index contributed by atoms with van der Waals surface area (Å²) in [4.78, 5) is 15.3. The van der Waals surface area contributed by atoms with E-state index in [9.17, 15) is 10.1 Å². The third-order valence-corrected chi connectivity index (χ3v) is 5.86. The molecule has 1 aliphatic carbocycles. The van der Waals surface area contributed by atoms with Gasteiger partial charge in [0.15, 0.2) is 0 Å². The molecule has 8 nitrogen and oxygen atoms in total. The van der Waals surface area contributed by atoms with Crippen LogP contribution in [0.1, 0.15) is 62.3 Å². The van der Waals surface area contributed by atoms with Crippen LogP contribution in [-0.2, 0) is 11.2 Å². The van der Waals surface area contributed by atoms with Crippen molar-refractivity contribution in [2.45, 2.75) is 58.1 Å². The number of fused-ring (bicyclic) bond motifs is 1. The molecule has 0 aliphatic heterocycles. The Kier molecular flexibility index (Phi) is 7.24. The number of benzene rings is 2. The van der Waals surface area contributed by atoms with E-state index in [4.69, 9.17) is 14.4 Å². The van der Waals surface area contributed by atoms with Gasteiger partial charge in [-0.25, -0.2) is 0 Å². The van der Waals surface area contributed by atoms with Gasteiger partial charge in [0.25, 0.3) is 5.89 Å². The number of nitrogens with one attached hydrogen (secondary N) is 1. The second kappa shape index (κ2) is 10.5.